The first kappa shape index (κ1) is 20.4. The molecule has 0 heterocycles. The van der Waals surface area contributed by atoms with E-state index in [1.165, 1.54) is 12.1 Å². The van der Waals surface area contributed by atoms with Gasteiger partial charge in [0.05, 0.1) is 4.90 Å². The van der Waals surface area contributed by atoms with Crippen LogP contribution in [0, 0.1) is 5.82 Å². The quantitative estimate of drug-likeness (QED) is 0.694. The number of carbonyl (C=O) groups is 1. The summed E-state index contributed by atoms with van der Waals surface area (Å²) in [4.78, 5) is 13.7. The lowest BCUT2D eigenvalue weighted by atomic mass is 10.2. The van der Waals surface area contributed by atoms with E-state index >= 15 is 0 Å². The van der Waals surface area contributed by atoms with Gasteiger partial charge < -0.3 is 4.90 Å². The fourth-order valence-electron chi connectivity index (χ4n) is 2.33. The van der Waals surface area contributed by atoms with Crippen molar-refractivity contribution in [3.8, 4) is 0 Å². The van der Waals surface area contributed by atoms with Gasteiger partial charge in [0.25, 0.3) is 0 Å². The van der Waals surface area contributed by atoms with E-state index in [1.54, 1.807) is 24.1 Å². The number of carbonyl (C=O) groups excluding carboxylic acids is 1. The first-order valence-electron chi connectivity index (χ1n) is 8.01. The molecular formula is C18H20ClFN2O3S. The minimum Gasteiger partial charge on any atom is -0.341 e. The first-order valence-corrected chi connectivity index (χ1v) is 9.88. The van der Waals surface area contributed by atoms with E-state index in [0.717, 1.165) is 17.7 Å². The van der Waals surface area contributed by atoms with Crippen molar-refractivity contribution in [3.05, 3.63) is 64.9 Å². The SMILES string of the molecule is CN(Cc1cccc(Cl)c1)C(=O)CCCNS(=O)(=O)c1ccc(F)cc1. The van der Waals surface area contributed by atoms with E-state index in [1.807, 2.05) is 12.1 Å². The van der Waals surface area contributed by atoms with E-state index in [0.29, 0.717) is 18.0 Å². The number of benzene rings is 2. The van der Waals surface area contributed by atoms with Crippen LogP contribution in [0.5, 0.6) is 0 Å². The fourth-order valence-corrected chi connectivity index (χ4v) is 3.62. The van der Waals surface area contributed by atoms with Crippen LogP contribution in [-0.2, 0) is 21.4 Å². The Balaban J connectivity index is 1.78. The predicted molar refractivity (Wildman–Crippen MR) is 98.7 cm³/mol. The van der Waals surface area contributed by atoms with Crippen molar-refractivity contribution in [1.29, 1.82) is 0 Å². The number of nitrogens with one attached hydrogen (secondary N) is 1. The number of halogens is 2. The van der Waals surface area contributed by atoms with Gasteiger partial charge in [0.15, 0.2) is 0 Å². The maximum absolute atomic E-state index is 12.9. The zero-order valence-electron chi connectivity index (χ0n) is 14.3. The second kappa shape index (κ2) is 9.12. The second-order valence-corrected chi connectivity index (χ2v) is 8.04. The molecule has 0 unspecified atom stereocenters. The van der Waals surface area contributed by atoms with Gasteiger partial charge in [-0.2, -0.15) is 0 Å². The predicted octanol–water partition coefficient (Wildman–Crippen LogP) is 3.20. The van der Waals surface area contributed by atoms with Gasteiger partial charge >= 0.3 is 0 Å². The summed E-state index contributed by atoms with van der Waals surface area (Å²) in [7, 11) is -2.02. The standard InChI is InChI=1S/C18H20ClFN2O3S/c1-22(13-14-4-2-5-15(19)12-14)18(23)6-3-11-21-26(24,25)17-9-7-16(20)8-10-17/h2,4-5,7-10,12,21H,3,6,11,13H2,1H3. The number of amides is 1. The average molecular weight is 399 g/mol. The van der Waals surface area contributed by atoms with Gasteiger partial charge in [0.1, 0.15) is 5.82 Å². The molecule has 2 aromatic rings. The lowest BCUT2D eigenvalue weighted by molar-refractivity contribution is -0.130. The van der Waals surface area contributed by atoms with Crippen LogP contribution in [0.1, 0.15) is 18.4 Å². The van der Waals surface area contributed by atoms with Crippen LogP contribution in [0.25, 0.3) is 0 Å². The van der Waals surface area contributed by atoms with Crippen LogP contribution in [0.2, 0.25) is 5.02 Å². The second-order valence-electron chi connectivity index (χ2n) is 5.83. The zero-order chi connectivity index (χ0) is 19.2. The van der Waals surface area contributed by atoms with Crippen LogP contribution >= 0.6 is 11.6 Å². The molecule has 140 valence electrons. The highest BCUT2D eigenvalue weighted by molar-refractivity contribution is 7.89. The van der Waals surface area contributed by atoms with Crippen molar-refractivity contribution in [3.63, 3.8) is 0 Å². The molecule has 0 aliphatic heterocycles. The Morgan fingerprint density at radius 2 is 1.88 bits per heavy atom. The third kappa shape index (κ3) is 6.09. The molecule has 1 amide bonds. The van der Waals surface area contributed by atoms with Gasteiger partial charge in [-0.25, -0.2) is 17.5 Å². The van der Waals surface area contributed by atoms with Crippen LogP contribution in [-0.4, -0.2) is 32.8 Å². The van der Waals surface area contributed by atoms with Crippen molar-refractivity contribution >= 4 is 27.5 Å². The first-order chi connectivity index (χ1) is 12.3. The normalized spacial score (nSPS) is 11.3. The Morgan fingerprint density at radius 3 is 2.54 bits per heavy atom. The number of nitrogens with zero attached hydrogens (tertiary/aromatic N) is 1. The van der Waals surface area contributed by atoms with Gasteiger partial charge in [-0.1, -0.05) is 23.7 Å². The van der Waals surface area contributed by atoms with Crippen molar-refractivity contribution in [2.75, 3.05) is 13.6 Å². The molecule has 2 rings (SSSR count). The molecule has 0 radical (unpaired) electrons. The fraction of sp³-hybridized carbons (Fsp3) is 0.278. The van der Waals surface area contributed by atoms with E-state index in [2.05, 4.69) is 4.72 Å². The Labute approximate surface area is 157 Å². The van der Waals surface area contributed by atoms with Crippen molar-refractivity contribution in [2.45, 2.75) is 24.3 Å². The summed E-state index contributed by atoms with van der Waals surface area (Å²) in [6, 6.07) is 11.8. The maximum atomic E-state index is 12.9. The molecule has 0 atom stereocenters. The molecule has 0 saturated carbocycles. The minimum absolute atomic E-state index is 0.0108. The van der Waals surface area contributed by atoms with Crippen LogP contribution in [0.15, 0.2) is 53.4 Å². The lowest BCUT2D eigenvalue weighted by Crippen LogP contribution is -2.28. The molecule has 0 saturated heterocycles. The molecule has 26 heavy (non-hydrogen) atoms. The lowest BCUT2D eigenvalue weighted by Gasteiger charge is -2.17. The number of sulfonamides is 1. The summed E-state index contributed by atoms with van der Waals surface area (Å²) in [6.45, 7) is 0.553. The van der Waals surface area contributed by atoms with Crippen molar-refractivity contribution < 1.29 is 17.6 Å². The number of rotatable bonds is 8. The van der Waals surface area contributed by atoms with Crippen LogP contribution < -0.4 is 4.72 Å². The van der Waals surface area contributed by atoms with Gasteiger partial charge in [-0.15, -0.1) is 0 Å². The van der Waals surface area contributed by atoms with E-state index < -0.39 is 15.8 Å². The molecule has 8 heteroatoms. The molecule has 0 spiro atoms. The Hall–Kier alpha value is -1.96. The third-order valence-electron chi connectivity index (χ3n) is 3.72. The highest BCUT2D eigenvalue weighted by Gasteiger charge is 2.14. The number of hydrogen-bond donors (Lipinski definition) is 1. The Bertz CT molecular complexity index is 857. The van der Waals surface area contributed by atoms with Gasteiger partial charge in [0, 0.05) is 31.6 Å². The molecule has 0 aliphatic rings. The molecule has 0 fully saturated rings. The molecule has 0 aliphatic carbocycles. The molecule has 0 bridgehead atoms. The van der Waals surface area contributed by atoms with Gasteiger partial charge in [-0.3, -0.25) is 4.79 Å². The number of hydrogen-bond acceptors (Lipinski definition) is 3. The summed E-state index contributed by atoms with van der Waals surface area (Å²) >= 11 is 5.92. The summed E-state index contributed by atoms with van der Waals surface area (Å²) in [6.07, 6.45) is 0.572. The molecule has 2 aromatic carbocycles. The molecule has 0 aromatic heterocycles. The summed E-state index contributed by atoms with van der Waals surface area (Å²) < 4.78 is 39.4. The average Bonchev–Trinajstić information content (AvgIpc) is 2.59. The summed E-state index contributed by atoms with van der Waals surface area (Å²) in [5.74, 6) is -0.594. The van der Waals surface area contributed by atoms with E-state index in [-0.39, 0.29) is 23.8 Å². The summed E-state index contributed by atoms with van der Waals surface area (Å²) in [5.41, 5.74) is 0.922. The largest absolute Gasteiger partial charge is 0.341 e. The van der Waals surface area contributed by atoms with E-state index in [9.17, 15) is 17.6 Å². The topological polar surface area (TPSA) is 66.5 Å². The maximum Gasteiger partial charge on any atom is 0.240 e. The molecule has 1 N–H and O–H groups in total. The van der Waals surface area contributed by atoms with Crippen molar-refractivity contribution in [1.82, 2.24) is 9.62 Å². The van der Waals surface area contributed by atoms with E-state index in [4.69, 9.17) is 11.6 Å². The smallest absolute Gasteiger partial charge is 0.240 e. The highest BCUT2D eigenvalue weighted by atomic mass is 35.5. The molecular weight excluding hydrogens is 379 g/mol. The summed E-state index contributed by atoms with van der Waals surface area (Å²) in [5, 5.41) is 0.610. The third-order valence-corrected chi connectivity index (χ3v) is 5.43. The Kier molecular flexibility index (Phi) is 7.14. The van der Waals surface area contributed by atoms with Crippen LogP contribution in [0.4, 0.5) is 4.39 Å². The van der Waals surface area contributed by atoms with Gasteiger partial charge in [-0.05, 0) is 48.4 Å². The highest BCUT2D eigenvalue weighted by Crippen LogP contribution is 2.13. The van der Waals surface area contributed by atoms with Gasteiger partial charge in [0.2, 0.25) is 15.9 Å². The molecule has 5 nitrogen and oxygen atoms in total. The van der Waals surface area contributed by atoms with Crippen LogP contribution in [0.3, 0.4) is 0 Å². The zero-order valence-corrected chi connectivity index (χ0v) is 15.9. The monoisotopic (exact) mass is 398 g/mol. The minimum atomic E-state index is -3.70. The van der Waals surface area contributed by atoms with Crippen molar-refractivity contribution in [2.24, 2.45) is 0 Å². The Morgan fingerprint density at radius 1 is 1.19 bits per heavy atom.